The third-order valence-electron chi connectivity index (χ3n) is 9.31. The lowest BCUT2D eigenvalue weighted by Gasteiger charge is -2.39. The van der Waals surface area contributed by atoms with E-state index in [9.17, 15) is 31.9 Å². The van der Waals surface area contributed by atoms with Crippen LogP contribution in [-0.4, -0.2) is 51.1 Å². The largest absolute Gasteiger partial charge is 0.444 e. The molecule has 0 bridgehead atoms. The molecule has 0 spiro atoms. The van der Waals surface area contributed by atoms with Crippen LogP contribution >= 0.6 is 11.8 Å². The molecule has 6 rings (SSSR count). The quantitative estimate of drug-likeness (QED) is 0.111. The maximum atomic E-state index is 14.6. The Morgan fingerprint density at radius 2 is 1.54 bits per heavy atom. The molecule has 7 nitrogen and oxygen atoms in total. The monoisotopic (exact) mass is 759 g/mol. The molecule has 1 aromatic heterocycles. The Bertz CT molecular complexity index is 2190. The lowest BCUT2D eigenvalue weighted by Crippen LogP contribution is -2.50. The van der Waals surface area contributed by atoms with Gasteiger partial charge in [-0.05, 0) is 80.1 Å². The van der Waals surface area contributed by atoms with Gasteiger partial charge in [-0.2, -0.15) is 13.2 Å². The van der Waals surface area contributed by atoms with Crippen LogP contribution in [0.2, 0.25) is 0 Å². The van der Waals surface area contributed by atoms with Gasteiger partial charge >= 0.3 is 12.3 Å². The number of fused-ring (bicyclic) bond motifs is 1. The summed E-state index contributed by atoms with van der Waals surface area (Å²) in [6.07, 6.45) is -4.38. The Labute approximate surface area is 315 Å². The summed E-state index contributed by atoms with van der Waals surface area (Å²) < 4.78 is 65.5. The predicted octanol–water partition coefficient (Wildman–Crippen LogP) is 9.55. The summed E-state index contributed by atoms with van der Waals surface area (Å²) in [5.41, 5.74) is -0.0784. The highest BCUT2D eigenvalue weighted by molar-refractivity contribution is 7.98. The Morgan fingerprint density at radius 3 is 2.22 bits per heavy atom. The third-order valence-corrected chi connectivity index (χ3v) is 10.4. The Hall–Kier alpha value is -5.10. The molecule has 2 amide bonds. The van der Waals surface area contributed by atoms with Crippen LogP contribution < -0.4 is 5.43 Å². The normalized spacial score (nSPS) is 13.9. The number of amides is 2. The summed E-state index contributed by atoms with van der Waals surface area (Å²) in [6.45, 7) is 5.55. The number of ether oxygens (including phenoxy) is 1. The number of likely N-dealkylation sites (tertiary alicyclic amines) is 1. The summed E-state index contributed by atoms with van der Waals surface area (Å²) in [4.78, 5) is 43.9. The minimum absolute atomic E-state index is 0.0339. The van der Waals surface area contributed by atoms with Gasteiger partial charge in [0.1, 0.15) is 18.0 Å². The minimum atomic E-state index is -4.66. The van der Waals surface area contributed by atoms with Gasteiger partial charge in [-0.15, -0.1) is 11.8 Å². The van der Waals surface area contributed by atoms with Crippen LogP contribution in [0.4, 0.5) is 22.4 Å². The molecule has 1 aliphatic rings. The van der Waals surface area contributed by atoms with E-state index >= 15 is 0 Å². The lowest BCUT2D eigenvalue weighted by molar-refractivity contribution is -0.137. The van der Waals surface area contributed by atoms with E-state index in [4.69, 9.17) is 4.74 Å². The van der Waals surface area contributed by atoms with Crippen molar-refractivity contribution in [3.8, 4) is 11.1 Å². The van der Waals surface area contributed by atoms with Gasteiger partial charge in [-0.25, -0.2) is 9.18 Å². The zero-order valence-electron chi connectivity index (χ0n) is 30.2. The molecule has 4 aromatic carbocycles. The van der Waals surface area contributed by atoms with Crippen molar-refractivity contribution >= 4 is 34.7 Å². The first-order valence-electron chi connectivity index (χ1n) is 17.7. The average molecular weight is 760 g/mol. The first-order chi connectivity index (χ1) is 25.7. The lowest BCUT2D eigenvalue weighted by atomic mass is 9.96. The zero-order valence-corrected chi connectivity index (χ0v) is 31.1. The van der Waals surface area contributed by atoms with Crippen LogP contribution in [0.3, 0.4) is 0 Å². The fourth-order valence-electron chi connectivity index (χ4n) is 6.68. The number of aromatic nitrogens is 1. The molecular weight excluding hydrogens is 719 g/mol. The average Bonchev–Trinajstić information content (AvgIpc) is 3.14. The van der Waals surface area contributed by atoms with E-state index in [1.165, 1.54) is 30.0 Å². The van der Waals surface area contributed by atoms with Gasteiger partial charge in [0.25, 0.3) is 0 Å². The van der Waals surface area contributed by atoms with Crippen LogP contribution in [0, 0.1) is 5.82 Å². The molecule has 1 aliphatic heterocycles. The number of thioether (sulfide) groups is 1. The fourth-order valence-corrected chi connectivity index (χ4v) is 7.72. The Morgan fingerprint density at radius 1 is 0.870 bits per heavy atom. The van der Waals surface area contributed by atoms with Crippen molar-refractivity contribution < 1.29 is 31.9 Å². The maximum Gasteiger partial charge on any atom is 0.417 e. The van der Waals surface area contributed by atoms with Crippen LogP contribution in [0.5, 0.6) is 0 Å². The van der Waals surface area contributed by atoms with Crippen molar-refractivity contribution in [1.82, 2.24) is 14.4 Å². The zero-order chi connectivity index (χ0) is 38.6. The van der Waals surface area contributed by atoms with E-state index in [0.717, 1.165) is 6.07 Å². The molecule has 54 heavy (non-hydrogen) atoms. The summed E-state index contributed by atoms with van der Waals surface area (Å²) in [7, 11) is 0. The van der Waals surface area contributed by atoms with E-state index in [1.54, 1.807) is 114 Å². The number of piperidine rings is 1. The Kier molecular flexibility index (Phi) is 11.5. The SMILES string of the molecule is CC(C)(C)OC(=O)N1CCC(N(Cc2ccc(-c3ccccc3)c(C(F)(F)F)c2)C(=O)Cn2c(SCc3ccccc3F)cc(=O)c3ccccc32)CC1. The van der Waals surface area contributed by atoms with E-state index < -0.39 is 35.3 Å². The van der Waals surface area contributed by atoms with E-state index in [1.807, 2.05) is 0 Å². The molecule has 0 unspecified atom stereocenters. The second-order valence-corrected chi connectivity index (χ2v) is 15.3. The van der Waals surface area contributed by atoms with Gasteiger partial charge in [-0.1, -0.05) is 72.8 Å². The van der Waals surface area contributed by atoms with E-state index in [2.05, 4.69) is 0 Å². The number of para-hydroxylation sites is 1. The standard InChI is InChI=1S/C42H41F4N3O4S/c1-41(2,3)53-40(52)47-21-19-31(20-22-47)48(25-28-17-18-32(29-11-5-4-6-12-29)34(23-28)42(44,45)46)38(51)26-49-36-16-10-8-14-33(36)37(50)24-39(49)54-27-30-13-7-9-15-35(30)43/h4-18,23-24,31H,19-22,25-27H2,1-3H3. The van der Waals surface area contributed by atoms with Gasteiger partial charge in [0, 0.05) is 42.9 Å². The van der Waals surface area contributed by atoms with Crippen molar-refractivity contribution in [2.45, 2.75) is 75.3 Å². The first kappa shape index (κ1) is 38.6. The van der Waals surface area contributed by atoms with Crippen molar-refractivity contribution in [2.24, 2.45) is 0 Å². The summed E-state index contributed by atoms with van der Waals surface area (Å²) in [6, 6.07) is 26.7. The van der Waals surface area contributed by atoms with Crippen molar-refractivity contribution in [3.05, 3.63) is 136 Å². The smallest absolute Gasteiger partial charge is 0.417 e. The first-order valence-corrected chi connectivity index (χ1v) is 18.7. The molecule has 0 aliphatic carbocycles. The number of hydrogen-bond acceptors (Lipinski definition) is 5. The highest BCUT2D eigenvalue weighted by atomic mass is 32.2. The van der Waals surface area contributed by atoms with Gasteiger partial charge in [-0.3, -0.25) is 9.59 Å². The number of pyridine rings is 1. The van der Waals surface area contributed by atoms with Crippen molar-refractivity contribution in [1.29, 1.82) is 0 Å². The van der Waals surface area contributed by atoms with Crippen LogP contribution in [0.15, 0.2) is 113 Å². The van der Waals surface area contributed by atoms with Gasteiger partial charge in [0.05, 0.1) is 16.1 Å². The number of rotatable bonds is 9. The van der Waals surface area contributed by atoms with Crippen LogP contribution in [0.25, 0.3) is 22.0 Å². The van der Waals surface area contributed by atoms with Crippen molar-refractivity contribution in [2.75, 3.05) is 13.1 Å². The molecule has 12 heteroatoms. The number of nitrogens with zero attached hydrogens (tertiary/aromatic N) is 3. The maximum absolute atomic E-state index is 14.6. The highest BCUT2D eigenvalue weighted by Crippen LogP contribution is 2.38. The van der Waals surface area contributed by atoms with Gasteiger partial charge < -0.3 is 19.1 Å². The second-order valence-electron chi connectivity index (χ2n) is 14.3. The molecule has 0 radical (unpaired) electrons. The fraction of sp³-hybridized carbons (Fsp3) is 0.310. The molecule has 0 N–H and O–H groups in total. The van der Waals surface area contributed by atoms with Gasteiger partial charge in [0.15, 0.2) is 5.43 Å². The molecule has 1 fully saturated rings. The topological polar surface area (TPSA) is 71.8 Å². The molecule has 282 valence electrons. The molecule has 5 aromatic rings. The van der Waals surface area contributed by atoms with Gasteiger partial charge in [0.2, 0.25) is 5.91 Å². The predicted molar refractivity (Wildman–Crippen MR) is 202 cm³/mol. The number of benzene rings is 4. The molecule has 0 saturated carbocycles. The highest BCUT2D eigenvalue weighted by Gasteiger charge is 2.36. The summed E-state index contributed by atoms with van der Waals surface area (Å²) in [5, 5.41) is 0.839. The number of carbonyl (C=O) groups is 2. The molecule has 0 atom stereocenters. The molecule has 1 saturated heterocycles. The van der Waals surface area contributed by atoms with Crippen LogP contribution in [-0.2, 0) is 34.6 Å². The number of carbonyl (C=O) groups excluding carboxylic acids is 2. The number of alkyl halides is 3. The number of hydrogen-bond donors (Lipinski definition) is 0. The van der Waals surface area contributed by atoms with E-state index in [0.29, 0.717) is 45.5 Å². The molecule has 2 heterocycles. The number of halogens is 4. The summed E-state index contributed by atoms with van der Waals surface area (Å²) >= 11 is 1.22. The molecular formula is C42H41F4N3O4S. The minimum Gasteiger partial charge on any atom is -0.444 e. The Balaban J connectivity index is 1.35. The second kappa shape index (κ2) is 16.1. The van der Waals surface area contributed by atoms with Crippen LogP contribution in [0.1, 0.15) is 50.3 Å². The van der Waals surface area contributed by atoms with Crippen molar-refractivity contribution in [3.63, 3.8) is 0 Å². The van der Waals surface area contributed by atoms with E-state index in [-0.39, 0.29) is 48.8 Å². The summed E-state index contributed by atoms with van der Waals surface area (Å²) in [5.74, 6) is -0.580. The third kappa shape index (κ3) is 9.15.